The fraction of sp³-hybridized carbons (Fsp3) is 0.100. The van der Waals surface area contributed by atoms with E-state index in [1.165, 1.54) is 17.8 Å². The van der Waals surface area contributed by atoms with Gasteiger partial charge in [0.15, 0.2) is 0 Å². The standard InChI is InChI=1S/C20H14F2N2O/c1-12-2-4-13(5-3-12)20-24-18(11-25-20)15-7-6-14-8-16(19(21)22)10-23-17(14)9-15/h2-11,19H,1H3. The SMILES string of the molecule is Cc1ccc(-c2nc(-c3ccc4cc(C(F)F)cnc4c3)co2)cc1. The van der Waals surface area contributed by atoms with E-state index in [4.69, 9.17) is 4.42 Å². The first-order valence-corrected chi connectivity index (χ1v) is 7.81. The molecule has 4 aromatic rings. The second-order valence-electron chi connectivity index (χ2n) is 5.88. The first-order valence-electron chi connectivity index (χ1n) is 7.81. The number of nitrogens with zero attached hydrogens (tertiary/aromatic N) is 2. The fourth-order valence-corrected chi connectivity index (χ4v) is 2.65. The molecule has 0 fully saturated rings. The zero-order valence-corrected chi connectivity index (χ0v) is 13.4. The normalized spacial score (nSPS) is 11.4. The van der Waals surface area contributed by atoms with E-state index in [-0.39, 0.29) is 5.56 Å². The molecule has 2 heterocycles. The molecular formula is C20H14F2N2O. The lowest BCUT2D eigenvalue weighted by Gasteiger charge is -2.03. The molecule has 2 aromatic carbocycles. The maximum Gasteiger partial charge on any atom is 0.265 e. The van der Waals surface area contributed by atoms with Crippen LogP contribution in [0.25, 0.3) is 33.6 Å². The number of pyridine rings is 1. The Morgan fingerprint density at radius 3 is 2.48 bits per heavy atom. The van der Waals surface area contributed by atoms with E-state index in [9.17, 15) is 8.78 Å². The molecule has 0 bridgehead atoms. The van der Waals surface area contributed by atoms with E-state index in [1.54, 1.807) is 12.3 Å². The molecule has 0 aliphatic rings. The average molecular weight is 336 g/mol. The van der Waals surface area contributed by atoms with E-state index in [2.05, 4.69) is 9.97 Å². The predicted molar refractivity (Wildman–Crippen MR) is 92.4 cm³/mol. The van der Waals surface area contributed by atoms with Gasteiger partial charge in [0, 0.05) is 28.3 Å². The van der Waals surface area contributed by atoms with Crippen molar-refractivity contribution >= 4 is 10.9 Å². The highest BCUT2D eigenvalue weighted by Gasteiger charge is 2.11. The van der Waals surface area contributed by atoms with Gasteiger partial charge in [0.1, 0.15) is 12.0 Å². The van der Waals surface area contributed by atoms with E-state index in [1.807, 2.05) is 43.3 Å². The number of aromatic nitrogens is 2. The van der Waals surface area contributed by atoms with E-state index in [0.29, 0.717) is 22.5 Å². The molecular weight excluding hydrogens is 322 g/mol. The van der Waals surface area contributed by atoms with Gasteiger partial charge in [0.05, 0.1) is 5.52 Å². The van der Waals surface area contributed by atoms with Gasteiger partial charge in [-0.2, -0.15) is 0 Å². The number of oxazole rings is 1. The summed E-state index contributed by atoms with van der Waals surface area (Å²) < 4.78 is 31.1. The number of aryl methyl sites for hydroxylation is 1. The molecule has 0 radical (unpaired) electrons. The van der Waals surface area contributed by atoms with Crippen LogP contribution >= 0.6 is 0 Å². The number of halogens is 2. The monoisotopic (exact) mass is 336 g/mol. The number of hydrogen-bond donors (Lipinski definition) is 0. The van der Waals surface area contributed by atoms with Gasteiger partial charge in [-0.05, 0) is 31.2 Å². The summed E-state index contributed by atoms with van der Waals surface area (Å²) in [5.41, 5.74) is 4.13. The summed E-state index contributed by atoms with van der Waals surface area (Å²) in [6.45, 7) is 2.02. The summed E-state index contributed by atoms with van der Waals surface area (Å²) in [5.74, 6) is 0.538. The van der Waals surface area contributed by atoms with E-state index in [0.717, 1.165) is 11.1 Å². The average Bonchev–Trinajstić information content (AvgIpc) is 3.11. The van der Waals surface area contributed by atoms with Crippen LogP contribution < -0.4 is 0 Å². The van der Waals surface area contributed by atoms with Crippen molar-refractivity contribution in [3.05, 3.63) is 72.1 Å². The van der Waals surface area contributed by atoms with Crippen molar-refractivity contribution in [1.82, 2.24) is 9.97 Å². The molecule has 0 unspecified atom stereocenters. The van der Waals surface area contributed by atoms with Crippen molar-refractivity contribution in [3.63, 3.8) is 0 Å². The molecule has 3 nitrogen and oxygen atoms in total. The Morgan fingerprint density at radius 1 is 0.960 bits per heavy atom. The van der Waals surface area contributed by atoms with Crippen LogP contribution in [-0.4, -0.2) is 9.97 Å². The molecule has 0 saturated carbocycles. The van der Waals surface area contributed by atoms with Crippen molar-refractivity contribution in [2.45, 2.75) is 13.3 Å². The lowest BCUT2D eigenvalue weighted by molar-refractivity contribution is 0.151. The Morgan fingerprint density at radius 2 is 1.72 bits per heavy atom. The first kappa shape index (κ1) is 15.4. The largest absolute Gasteiger partial charge is 0.444 e. The van der Waals surface area contributed by atoms with Crippen molar-refractivity contribution < 1.29 is 13.2 Å². The number of alkyl halides is 2. The summed E-state index contributed by atoms with van der Waals surface area (Å²) in [5, 5.41) is 0.670. The van der Waals surface area contributed by atoms with Crippen LogP contribution in [0.15, 0.2) is 65.4 Å². The molecule has 124 valence electrons. The molecule has 2 aromatic heterocycles. The number of benzene rings is 2. The van der Waals surface area contributed by atoms with Crippen LogP contribution in [0.4, 0.5) is 8.78 Å². The van der Waals surface area contributed by atoms with Crippen molar-refractivity contribution in [1.29, 1.82) is 0 Å². The minimum absolute atomic E-state index is 0.0802. The second-order valence-corrected chi connectivity index (χ2v) is 5.88. The molecule has 0 saturated heterocycles. The highest BCUT2D eigenvalue weighted by atomic mass is 19.3. The molecule has 0 amide bonds. The van der Waals surface area contributed by atoms with Crippen molar-refractivity contribution in [2.75, 3.05) is 0 Å². The zero-order chi connectivity index (χ0) is 17.4. The lowest BCUT2D eigenvalue weighted by Crippen LogP contribution is -1.88. The Kier molecular flexibility index (Phi) is 3.76. The Bertz CT molecular complexity index is 1040. The van der Waals surface area contributed by atoms with Crippen LogP contribution in [0.3, 0.4) is 0 Å². The minimum atomic E-state index is -2.52. The maximum atomic E-state index is 12.8. The van der Waals surface area contributed by atoms with E-state index < -0.39 is 6.43 Å². The van der Waals surface area contributed by atoms with Gasteiger partial charge in [0.2, 0.25) is 5.89 Å². The fourth-order valence-electron chi connectivity index (χ4n) is 2.65. The molecule has 0 spiro atoms. The topological polar surface area (TPSA) is 38.9 Å². The summed E-state index contributed by atoms with van der Waals surface area (Å²) in [6, 6.07) is 14.8. The second kappa shape index (κ2) is 6.09. The van der Waals surface area contributed by atoms with Crippen LogP contribution in [0, 0.1) is 6.92 Å². The quantitative estimate of drug-likeness (QED) is 0.474. The van der Waals surface area contributed by atoms with Gasteiger partial charge >= 0.3 is 0 Å². The smallest absolute Gasteiger partial charge is 0.265 e. The summed E-state index contributed by atoms with van der Waals surface area (Å²) in [4.78, 5) is 8.64. The van der Waals surface area contributed by atoms with Crippen LogP contribution in [0.1, 0.15) is 17.6 Å². The summed E-state index contributed by atoms with van der Waals surface area (Å²) in [6.07, 6.45) is 0.269. The Labute approximate surface area is 143 Å². The van der Waals surface area contributed by atoms with Gasteiger partial charge in [-0.3, -0.25) is 4.98 Å². The number of rotatable bonds is 3. The minimum Gasteiger partial charge on any atom is -0.444 e. The van der Waals surface area contributed by atoms with Crippen molar-refractivity contribution in [2.24, 2.45) is 0 Å². The number of fused-ring (bicyclic) bond motifs is 1. The summed E-state index contributed by atoms with van der Waals surface area (Å²) >= 11 is 0. The van der Waals surface area contributed by atoms with Gasteiger partial charge in [-0.25, -0.2) is 13.8 Å². The summed E-state index contributed by atoms with van der Waals surface area (Å²) in [7, 11) is 0. The molecule has 0 N–H and O–H groups in total. The Balaban J connectivity index is 1.70. The van der Waals surface area contributed by atoms with Crippen molar-refractivity contribution in [3.8, 4) is 22.7 Å². The van der Waals surface area contributed by atoms with Gasteiger partial charge in [-0.15, -0.1) is 0 Å². The van der Waals surface area contributed by atoms with Gasteiger partial charge in [0.25, 0.3) is 6.43 Å². The number of hydrogen-bond acceptors (Lipinski definition) is 3. The third-order valence-electron chi connectivity index (χ3n) is 4.06. The van der Waals surface area contributed by atoms with Crippen LogP contribution in [-0.2, 0) is 0 Å². The first-order chi connectivity index (χ1) is 12.1. The molecule has 0 aliphatic carbocycles. The molecule has 0 atom stereocenters. The third-order valence-corrected chi connectivity index (χ3v) is 4.06. The highest BCUT2D eigenvalue weighted by Crippen LogP contribution is 2.28. The van der Waals surface area contributed by atoms with Gasteiger partial charge in [-0.1, -0.05) is 29.8 Å². The predicted octanol–water partition coefficient (Wildman–Crippen LogP) is 5.80. The molecule has 0 aliphatic heterocycles. The molecule has 25 heavy (non-hydrogen) atoms. The van der Waals surface area contributed by atoms with Crippen LogP contribution in [0.2, 0.25) is 0 Å². The third kappa shape index (κ3) is 3.01. The highest BCUT2D eigenvalue weighted by molar-refractivity contribution is 5.84. The van der Waals surface area contributed by atoms with Gasteiger partial charge < -0.3 is 4.42 Å². The maximum absolute atomic E-state index is 12.8. The van der Waals surface area contributed by atoms with Crippen LogP contribution in [0.5, 0.6) is 0 Å². The van der Waals surface area contributed by atoms with E-state index >= 15 is 0 Å². The lowest BCUT2D eigenvalue weighted by atomic mass is 10.1. The zero-order valence-electron chi connectivity index (χ0n) is 13.4. The Hall–Kier alpha value is -3.08. The molecule has 4 rings (SSSR count). The molecule has 5 heteroatoms.